The molecule has 0 atom stereocenters. The van der Waals surface area contributed by atoms with Gasteiger partial charge in [-0.25, -0.2) is 0 Å². The molecular formula is C14H24ClN3O. The molecule has 1 heterocycles. The molecule has 108 valence electrons. The average Bonchev–Trinajstić information content (AvgIpc) is 2.63. The summed E-state index contributed by atoms with van der Waals surface area (Å²) in [5, 5.41) is 4.32. The van der Waals surface area contributed by atoms with Gasteiger partial charge in [-0.15, -0.1) is 11.6 Å². The molecule has 0 bridgehead atoms. The summed E-state index contributed by atoms with van der Waals surface area (Å²) in [5.74, 6) is 0.512. The minimum atomic E-state index is 0.0532. The van der Waals surface area contributed by atoms with Crippen LogP contribution in [0.5, 0.6) is 0 Å². The van der Waals surface area contributed by atoms with Crippen LogP contribution in [0, 0.1) is 13.8 Å². The Labute approximate surface area is 120 Å². The Bertz CT molecular complexity index is 438. The first kappa shape index (κ1) is 16.0. The topological polar surface area (TPSA) is 38.1 Å². The molecule has 5 heteroatoms. The minimum Gasteiger partial charge on any atom is -0.334 e. The lowest BCUT2D eigenvalue weighted by Gasteiger charge is -2.30. The summed E-state index contributed by atoms with van der Waals surface area (Å²) >= 11 is 5.86. The van der Waals surface area contributed by atoms with Crippen molar-refractivity contribution in [2.24, 2.45) is 7.05 Å². The van der Waals surface area contributed by atoms with Crippen molar-refractivity contribution in [2.45, 2.75) is 46.6 Å². The highest BCUT2D eigenvalue weighted by Crippen LogP contribution is 2.19. The third-order valence-corrected chi connectivity index (χ3v) is 3.86. The number of aryl methyl sites for hydroxylation is 2. The maximum Gasteiger partial charge on any atom is 0.257 e. The summed E-state index contributed by atoms with van der Waals surface area (Å²) in [6.07, 6.45) is 1.88. The fraction of sp³-hybridized carbons (Fsp3) is 0.714. The number of carbonyl (C=O) groups is 1. The van der Waals surface area contributed by atoms with E-state index < -0.39 is 0 Å². The highest BCUT2D eigenvalue weighted by Gasteiger charge is 2.26. The van der Waals surface area contributed by atoms with E-state index in [1.54, 1.807) is 4.68 Å². The first-order valence-corrected chi connectivity index (χ1v) is 7.38. The Hall–Kier alpha value is -1.03. The van der Waals surface area contributed by atoms with E-state index >= 15 is 0 Å². The molecule has 0 aromatic carbocycles. The van der Waals surface area contributed by atoms with Crippen LogP contribution >= 0.6 is 11.6 Å². The molecule has 0 aliphatic rings. The summed E-state index contributed by atoms with van der Waals surface area (Å²) in [4.78, 5) is 14.7. The van der Waals surface area contributed by atoms with Gasteiger partial charge in [-0.1, -0.05) is 13.8 Å². The van der Waals surface area contributed by atoms with Crippen molar-refractivity contribution in [3.05, 3.63) is 17.0 Å². The van der Waals surface area contributed by atoms with Crippen LogP contribution in [-0.4, -0.2) is 39.1 Å². The largest absolute Gasteiger partial charge is 0.334 e. The zero-order valence-corrected chi connectivity index (χ0v) is 13.3. The molecule has 0 fully saturated rings. The summed E-state index contributed by atoms with van der Waals surface area (Å²) in [6.45, 7) is 8.60. The van der Waals surface area contributed by atoms with Gasteiger partial charge in [-0.3, -0.25) is 9.48 Å². The van der Waals surface area contributed by atoms with Crippen molar-refractivity contribution < 1.29 is 4.79 Å². The minimum absolute atomic E-state index is 0.0532. The third kappa shape index (κ3) is 3.30. The average molecular weight is 286 g/mol. The van der Waals surface area contributed by atoms with Crippen molar-refractivity contribution in [1.82, 2.24) is 14.7 Å². The third-order valence-electron chi connectivity index (χ3n) is 3.69. The maximum absolute atomic E-state index is 12.8. The van der Waals surface area contributed by atoms with E-state index in [2.05, 4.69) is 18.9 Å². The number of carbonyl (C=O) groups excluding carboxylic acids is 1. The lowest BCUT2D eigenvalue weighted by atomic mass is 10.1. The van der Waals surface area contributed by atoms with Gasteiger partial charge >= 0.3 is 0 Å². The molecule has 0 aliphatic carbocycles. The van der Waals surface area contributed by atoms with Gasteiger partial charge < -0.3 is 4.90 Å². The highest BCUT2D eigenvalue weighted by molar-refractivity contribution is 6.18. The van der Waals surface area contributed by atoms with Crippen molar-refractivity contribution in [1.29, 1.82) is 0 Å². The fourth-order valence-electron chi connectivity index (χ4n) is 2.50. The van der Waals surface area contributed by atoms with E-state index in [4.69, 9.17) is 11.6 Å². The summed E-state index contributed by atoms with van der Waals surface area (Å²) in [7, 11) is 1.86. The van der Waals surface area contributed by atoms with Gasteiger partial charge in [0, 0.05) is 31.2 Å². The van der Waals surface area contributed by atoms with E-state index in [1.807, 2.05) is 25.8 Å². The number of aromatic nitrogens is 2. The number of rotatable bonds is 6. The lowest BCUT2D eigenvalue weighted by molar-refractivity contribution is 0.0680. The Morgan fingerprint density at radius 1 is 1.37 bits per heavy atom. The Kier molecular flexibility index (Phi) is 5.85. The standard InChI is InChI=1S/C14H24ClN3O/c1-6-12(7-2)18(9-8-15)14(19)13-10(3)16-17(5)11(13)4/h12H,6-9H2,1-5H3. The van der Waals surface area contributed by atoms with Gasteiger partial charge in [0.15, 0.2) is 0 Å². The van der Waals surface area contributed by atoms with E-state index in [0.717, 1.165) is 29.8 Å². The van der Waals surface area contributed by atoms with E-state index in [0.29, 0.717) is 12.4 Å². The molecule has 1 aromatic heterocycles. The highest BCUT2D eigenvalue weighted by atomic mass is 35.5. The van der Waals surface area contributed by atoms with Crippen molar-refractivity contribution in [3.8, 4) is 0 Å². The summed E-state index contributed by atoms with van der Waals surface area (Å²) in [6, 6.07) is 0.241. The van der Waals surface area contributed by atoms with Gasteiger partial charge in [-0.2, -0.15) is 5.10 Å². The van der Waals surface area contributed by atoms with Crippen molar-refractivity contribution in [3.63, 3.8) is 0 Å². The van der Waals surface area contributed by atoms with E-state index in [9.17, 15) is 4.79 Å². The zero-order chi connectivity index (χ0) is 14.6. The monoisotopic (exact) mass is 285 g/mol. The maximum atomic E-state index is 12.8. The second-order valence-corrected chi connectivity index (χ2v) is 5.21. The molecule has 4 nitrogen and oxygen atoms in total. The zero-order valence-electron chi connectivity index (χ0n) is 12.5. The Morgan fingerprint density at radius 2 is 1.95 bits per heavy atom. The molecule has 1 aromatic rings. The number of amides is 1. The quantitative estimate of drug-likeness (QED) is 0.754. The van der Waals surface area contributed by atoms with Crippen LogP contribution < -0.4 is 0 Å². The van der Waals surface area contributed by atoms with Crippen LogP contribution in [0.4, 0.5) is 0 Å². The summed E-state index contributed by atoms with van der Waals surface area (Å²) < 4.78 is 1.76. The van der Waals surface area contributed by atoms with Gasteiger partial charge in [0.1, 0.15) is 0 Å². The molecule has 1 rings (SSSR count). The molecule has 0 radical (unpaired) electrons. The van der Waals surface area contributed by atoms with Crippen molar-refractivity contribution in [2.75, 3.05) is 12.4 Å². The van der Waals surface area contributed by atoms with Crippen LogP contribution in [-0.2, 0) is 7.05 Å². The summed E-state index contributed by atoms with van der Waals surface area (Å²) in [5.41, 5.74) is 2.42. The second-order valence-electron chi connectivity index (χ2n) is 4.83. The molecule has 0 aliphatic heterocycles. The van der Waals surface area contributed by atoms with Gasteiger partial charge in [-0.05, 0) is 26.7 Å². The molecule has 0 unspecified atom stereocenters. The molecule has 19 heavy (non-hydrogen) atoms. The molecule has 0 saturated carbocycles. The number of hydrogen-bond donors (Lipinski definition) is 0. The van der Waals surface area contributed by atoms with E-state index in [-0.39, 0.29) is 11.9 Å². The second kappa shape index (κ2) is 6.94. The lowest BCUT2D eigenvalue weighted by Crippen LogP contribution is -2.41. The molecular weight excluding hydrogens is 262 g/mol. The first-order chi connectivity index (χ1) is 8.97. The fourth-order valence-corrected chi connectivity index (χ4v) is 2.68. The van der Waals surface area contributed by atoms with Crippen LogP contribution in [0.25, 0.3) is 0 Å². The molecule has 0 N–H and O–H groups in total. The first-order valence-electron chi connectivity index (χ1n) is 6.84. The van der Waals surface area contributed by atoms with Crippen LogP contribution in [0.3, 0.4) is 0 Å². The smallest absolute Gasteiger partial charge is 0.257 e. The Balaban J connectivity index is 3.12. The number of alkyl halides is 1. The number of nitrogens with zero attached hydrogens (tertiary/aromatic N) is 3. The molecule has 1 amide bonds. The molecule has 0 saturated heterocycles. The van der Waals surface area contributed by atoms with Gasteiger partial charge in [0.05, 0.1) is 11.3 Å². The van der Waals surface area contributed by atoms with Crippen molar-refractivity contribution >= 4 is 17.5 Å². The number of halogens is 1. The normalized spacial score (nSPS) is 11.1. The van der Waals surface area contributed by atoms with Gasteiger partial charge in [0.2, 0.25) is 0 Å². The molecule has 0 spiro atoms. The van der Waals surface area contributed by atoms with E-state index in [1.165, 1.54) is 0 Å². The predicted octanol–water partition coefficient (Wildman–Crippen LogP) is 2.91. The van der Waals surface area contributed by atoms with Crippen LogP contribution in [0.1, 0.15) is 48.4 Å². The van der Waals surface area contributed by atoms with Crippen LogP contribution in [0.15, 0.2) is 0 Å². The predicted molar refractivity (Wildman–Crippen MR) is 78.8 cm³/mol. The SMILES string of the molecule is CCC(CC)N(CCCl)C(=O)c1c(C)nn(C)c1C. The number of hydrogen-bond acceptors (Lipinski definition) is 2. The van der Waals surface area contributed by atoms with Gasteiger partial charge in [0.25, 0.3) is 5.91 Å². The van der Waals surface area contributed by atoms with Crippen LogP contribution in [0.2, 0.25) is 0 Å². The Morgan fingerprint density at radius 3 is 2.32 bits per heavy atom.